The summed E-state index contributed by atoms with van der Waals surface area (Å²) < 4.78 is 0. The zero-order valence-corrected chi connectivity index (χ0v) is 43.0. The molecule has 0 fully saturated rings. The summed E-state index contributed by atoms with van der Waals surface area (Å²) in [4.78, 5) is 192. The summed E-state index contributed by atoms with van der Waals surface area (Å²) >= 11 is 0. The van der Waals surface area contributed by atoms with Gasteiger partial charge in [-0.25, -0.2) is 0 Å². The van der Waals surface area contributed by atoms with E-state index < -0.39 is 128 Å². The van der Waals surface area contributed by atoms with Gasteiger partial charge in [0.2, 0.25) is 59.1 Å². The van der Waals surface area contributed by atoms with Gasteiger partial charge in [-0.1, -0.05) is 13.8 Å². The van der Waals surface area contributed by atoms with Crippen molar-refractivity contribution in [2.75, 3.05) is 120 Å². The zero-order valence-electron chi connectivity index (χ0n) is 43.0. The molecule has 0 aliphatic carbocycles. The molecule has 0 aromatic heterocycles. The number of ketones is 5. The fourth-order valence-corrected chi connectivity index (χ4v) is 6.36. The summed E-state index contributed by atoms with van der Waals surface area (Å²) in [6, 6.07) is -1.27. The summed E-state index contributed by atoms with van der Waals surface area (Å²) in [6.07, 6.45) is -0.748. The monoisotopic (exact) mass is 1040 g/mol. The summed E-state index contributed by atoms with van der Waals surface area (Å²) in [5, 5.41) is 24.3. The molecule has 0 heterocycles. The first-order valence-electron chi connectivity index (χ1n) is 23.7. The van der Waals surface area contributed by atoms with E-state index in [0.29, 0.717) is 0 Å². The van der Waals surface area contributed by atoms with Crippen molar-refractivity contribution in [3.8, 4) is 0 Å². The van der Waals surface area contributed by atoms with Crippen molar-refractivity contribution in [2.45, 2.75) is 71.8 Å². The van der Waals surface area contributed by atoms with Gasteiger partial charge in [0.15, 0.2) is 11.6 Å². The van der Waals surface area contributed by atoms with Crippen LogP contribution in [-0.2, 0) is 71.9 Å². The Labute approximate surface area is 424 Å². The lowest BCUT2D eigenvalue weighted by Crippen LogP contribution is -2.49. The number of amides is 10. The highest BCUT2D eigenvalue weighted by Gasteiger charge is 2.29. The van der Waals surface area contributed by atoms with Gasteiger partial charge in [-0.05, 0) is 19.8 Å². The third-order valence-electron chi connectivity index (χ3n) is 10.4. The van der Waals surface area contributed by atoms with Gasteiger partial charge < -0.3 is 53.2 Å². The molecule has 0 aromatic carbocycles. The van der Waals surface area contributed by atoms with Gasteiger partial charge in [-0.15, -0.1) is 0 Å². The number of Topliss-reactive ketones (excluding diaryl/α,β-unsaturated/α-hetero) is 5. The zero-order chi connectivity index (χ0) is 55.5. The van der Waals surface area contributed by atoms with Crippen LogP contribution < -0.4 is 53.2 Å². The molecule has 0 aliphatic heterocycles. The molecule has 10 N–H and O–H groups in total. The maximum Gasteiger partial charge on any atom is 0.239 e. The maximum absolute atomic E-state index is 14.0. The van der Waals surface area contributed by atoms with Crippen LogP contribution in [0.15, 0.2) is 0 Å². The number of hydrogen-bond donors (Lipinski definition) is 10. The first kappa shape index (κ1) is 65.9. The number of carbonyl (C=O) groups is 15. The number of nitrogens with zero attached hydrogens (tertiary/aromatic N) is 3. The van der Waals surface area contributed by atoms with Crippen LogP contribution in [0.25, 0.3) is 0 Å². The Hall–Kier alpha value is -7.07. The van der Waals surface area contributed by atoms with E-state index in [1.165, 1.54) is 49.8 Å². The van der Waals surface area contributed by atoms with E-state index in [1.54, 1.807) is 13.8 Å². The van der Waals surface area contributed by atoms with Crippen molar-refractivity contribution in [2.24, 2.45) is 5.92 Å². The van der Waals surface area contributed by atoms with E-state index in [1.807, 2.05) is 0 Å². The minimum Gasteiger partial charge on any atom is -0.358 e. The molecular weight excluding hydrogens is 963 g/mol. The standard InChI is InChI=1S/C45H75N13O15/c1-8-31(60)12-13-35(63)34(11-10-14-50-36(64)18-53-43(71)26-56(20-29(3)59)22-38(66)46-4)55-45(73)30(15-33(62)17-52-42(70)28-58(24-40(68)48-6)25-41(69)49-7)16-51-37(65)19-54-44(72)27-57(21-32(61)9-2)23-39(67)47-5/h30,34H,8-28H2,1-7H3,(H,46,66)(H,47,67)(H,48,68)(H,49,69)(H,50,64)(H,51,65)(H,52,70)(H,53,71)(H,54,72)(H,55,73). The van der Waals surface area contributed by atoms with E-state index >= 15 is 0 Å². The fraction of sp³-hybridized carbons (Fsp3) is 0.667. The Morgan fingerprint density at radius 1 is 0.425 bits per heavy atom. The maximum atomic E-state index is 14.0. The SMILES string of the molecule is CCC(=O)CCC(=O)C(CCCNC(=O)CNC(=O)CN(CC(C)=O)CC(=O)NC)NC(=O)C(CNC(=O)CNC(=O)CN(CC(=O)CC)CC(=O)NC)CC(=O)CNC(=O)CN(CC(=O)NC)CC(=O)NC. The summed E-state index contributed by atoms with van der Waals surface area (Å²) in [6.45, 7) is -0.637. The second kappa shape index (κ2) is 37.7. The molecule has 0 bridgehead atoms. The van der Waals surface area contributed by atoms with E-state index in [4.69, 9.17) is 0 Å². The lowest BCUT2D eigenvalue weighted by atomic mass is 9.97. The normalized spacial score (nSPS) is 11.5. The van der Waals surface area contributed by atoms with Crippen LogP contribution in [0.1, 0.15) is 65.7 Å². The third-order valence-corrected chi connectivity index (χ3v) is 10.4. The van der Waals surface area contributed by atoms with Gasteiger partial charge in [0.25, 0.3) is 0 Å². The first-order chi connectivity index (χ1) is 34.5. The highest BCUT2D eigenvalue weighted by Crippen LogP contribution is 2.10. The van der Waals surface area contributed by atoms with Crippen molar-refractivity contribution in [3.63, 3.8) is 0 Å². The topological polar surface area (TPSA) is 386 Å². The fourth-order valence-electron chi connectivity index (χ4n) is 6.36. The number of rotatable bonds is 40. The highest BCUT2D eigenvalue weighted by atomic mass is 16.2. The molecule has 28 heteroatoms. The number of carbonyl (C=O) groups excluding carboxylic acids is 15. The highest BCUT2D eigenvalue weighted by molar-refractivity contribution is 5.95. The minimum absolute atomic E-state index is 0.0547. The molecule has 28 nitrogen and oxygen atoms in total. The van der Waals surface area contributed by atoms with Gasteiger partial charge >= 0.3 is 0 Å². The molecule has 0 aromatic rings. The van der Waals surface area contributed by atoms with Crippen LogP contribution in [0.5, 0.6) is 0 Å². The average Bonchev–Trinajstić information content (AvgIpc) is 3.34. The minimum atomic E-state index is -1.40. The summed E-state index contributed by atoms with van der Waals surface area (Å²) in [5.74, 6) is -9.81. The molecule has 0 radical (unpaired) electrons. The molecule has 2 unspecified atom stereocenters. The van der Waals surface area contributed by atoms with Crippen LogP contribution in [0.2, 0.25) is 0 Å². The second-order valence-electron chi connectivity index (χ2n) is 16.7. The van der Waals surface area contributed by atoms with E-state index in [9.17, 15) is 71.9 Å². The molecule has 0 aliphatic rings. The van der Waals surface area contributed by atoms with Crippen molar-refractivity contribution in [1.29, 1.82) is 0 Å². The van der Waals surface area contributed by atoms with Gasteiger partial charge in [0, 0.05) is 73.4 Å². The van der Waals surface area contributed by atoms with Crippen molar-refractivity contribution >= 4 is 88.0 Å². The van der Waals surface area contributed by atoms with Crippen LogP contribution in [0.4, 0.5) is 0 Å². The largest absolute Gasteiger partial charge is 0.358 e. The molecule has 0 saturated carbocycles. The summed E-state index contributed by atoms with van der Waals surface area (Å²) in [7, 11) is 5.50. The Morgan fingerprint density at radius 3 is 1.27 bits per heavy atom. The predicted octanol–water partition coefficient (Wildman–Crippen LogP) is -6.81. The lowest BCUT2D eigenvalue weighted by molar-refractivity contribution is -0.133. The van der Waals surface area contributed by atoms with E-state index in [2.05, 4.69) is 53.2 Å². The molecule has 0 rings (SSSR count). The predicted molar refractivity (Wildman–Crippen MR) is 260 cm³/mol. The molecule has 410 valence electrons. The van der Waals surface area contributed by atoms with E-state index in [-0.39, 0.29) is 108 Å². The molecular formula is C45H75N13O15. The van der Waals surface area contributed by atoms with Gasteiger partial charge in [0.1, 0.15) is 17.3 Å². The van der Waals surface area contributed by atoms with Crippen LogP contribution in [0, 0.1) is 5.92 Å². The quantitative estimate of drug-likeness (QED) is 0.0255. The van der Waals surface area contributed by atoms with Gasteiger partial charge in [-0.2, -0.15) is 0 Å². The van der Waals surface area contributed by atoms with Gasteiger partial charge in [-0.3, -0.25) is 86.6 Å². The van der Waals surface area contributed by atoms with Gasteiger partial charge in [0.05, 0.1) is 90.5 Å². The molecule has 0 spiro atoms. The average molecular weight is 1040 g/mol. The molecule has 2 atom stereocenters. The van der Waals surface area contributed by atoms with Crippen molar-refractivity contribution in [3.05, 3.63) is 0 Å². The molecule has 73 heavy (non-hydrogen) atoms. The van der Waals surface area contributed by atoms with Crippen molar-refractivity contribution in [1.82, 2.24) is 67.9 Å². The Bertz CT molecular complexity index is 1930. The van der Waals surface area contributed by atoms with Crippen LogP contribution >= 0.6 is 0 Å². The smallest absolute Gasteiger partial charge is 0.239 e. The summed E-state index contributed by atoms with van der Waals surface area (Å²) in [5.41, 5.74) is 0. The third kappa shape index (κ3) is 32.5. The number of hydrogen-bond acceptors (Lipinski definition) is 18. The Morgan fingerprint density at radius 2 is 0.836 bits per heavy atom. The van der Waals surface area contributed by atoms with Crippen molar-refractivity contribution < 1.29 is 71.9 Å². The first-order valence-corrected chi connectivity index (χ1v) is 23.7. The molecule has 0 saturated heterocycles. The number of nitrogens with one attached hydrogen (secondary N) is 10. The Balaban J connectivity index is 6.15. The van der Waals surface area contributed by atoms with Crippen LogP contribution in [0.3, 0.4) is 0 Å². The molecule has 10 amide bonds. The second-order valence-corrected chi connectivity index (χ2v) is 16.7. The Kier molecular flexibility index (Phi) is 34.0. The van der Waals surface area contributed by atoms with Crippen LogP contribution in [-0.4, -0.2) is 229 Å². The van der Waals surface area contributed by atoms with E-state index in [0.717, 1.165) is 0 Å². The lowest BCUT2D eigenvalue weighted by Gasteiger charge is -2.23. The number of likely N-dealkylation sites (N-methyl/N-ethyl adjacent to an activating group) is 4.